The molecule has 17 heavy (non-hydrogen) atoms. The smallest absolute Gasteiger partial charge is 0.310 e. The van der Waals surface area contributed by atoms with Gasteiger partial charge in [0, 0.05) is 24.8 Å². The quantitative estimate of drug-likeness (QED) is 0.863. The van der Waals surface area contributed by atoms with Gasteiger partial charge in [-0.1, -0.05) is 0 Å². The van der Waals surface area contributed by atoms with Gasteiger partial charge in [0.15, 0.2) is 0 Å². The molecule has 92 valence electrons. The molecule has 1 N–H and O–H groups in total. The highest BCUT2D eigenvalue weighted by molar-refractivity contribution is 5.77. The molecule has 1 aromatic heterocycles. The number of anilines is 1. The number of hydrogen-bond donors (Lipinski definition) is 1. The summed E-state index contributed by atoms with van der Waals surface area (Å²) in [5, 5.41) is 9.08. The SMILES string of the molecule is CC(C(=O)O)c1cncnc1N1CCCCC1. The minimum atomic E-state index is -0.835. The Balaban J connectivity index is 2.29. The van der Waals surface area contributed by atoms with Crippen LogP contribution in [0.15, 0.2) is 12.5 Å². The zero-order valence-corrected chi connectivity index (χ0v) is 9.96. The van der Waals surface area contributed by atoms with Crippen molar-refractivity contribution in [2.75, 3.05) is 18.0 Å². The number of carboxylic acids is 1. The van der Waals surface area contributed by atoms with E-state index in [0.717, 1.165) is 31.7 Å². The zero-order valence-electron chi connectivity index (χ0n) is 9.96. The van der Waals surface area contributed by atoms with E-state index in [2.05, 4.69) is 14.9 Å². The zero-order chi connectivity index (χ0) is 12.3. The largest absolute Gasteiger partial charge is 0.481 e. The average molecular weight is 235 g/mol. The van der Waals surface area contributed by atoms with Gasteiger partial charge in [-0.2, -0.15) is 0 Å². The molecule has 1 saturated heterocycles. The summed E-state index contributed by atoms with van der Waals surface area (Å²) in [6.45, 7) is 3.58. The van der Waals surface area contributed by atoms with Crippen LogP contribution in [0.3, 0.4) is 0 Å². The second-order valence-electron chi connectivity index (χ2n) is 4.41. The van der Waals surface area contributed by atoms with Crippen molar-refractivity contribution in [2.24, 2.45) is 0 Å². The van der Waals surface area contributed by atoms with Crippen LogP contribution < -0.4 is 4.90 Å². The number of carbonyl (C=O) groups is 1. The van der Waals surface area contributed by atoms with Gasteiger partial charge in [-0.15, -0.1) is 0 Å². The van der Waals surface area contributed by atoms with Crippen molar-refractivity contribution < 1.29 is 9.90 Å². The standard InChI is InChI=1S/C12H17N3O2/c1-9(12(16)17)10-7-13-8-14-11(10)15-5-3-2-4-6-15/h7-9H,2-6H2,1H3,(H,16,17). The third-order valence-electron chi connectivity index (χ3n) is 3.21. The predicted molar refractivity (Wildman–Crippen MR) is 64.1 cm³/mol. The summed E-state index contributed by atoms with van der Waals surface area (Å²) < 4.78 is 0. The fourth-order valence-electron chi connectivity index (χ4n) is 2.14. The third-order valence-corrected chi connectivity index (χ3v) is 3.21. The van der Waals surface area contributed by atoms with Crippen LogP contribution in [-0.2, 0) is 4.79 Å². The third kappa shape index (κ3) is 2.54. The summed E-state index contributed by atoms with van der Waals surface area (Å²) in [5.41, 5.74) is 0.710. The Morgan fingerprint density at radius 1 is 1.41 bits per heavy atom. The molecule has 1 aliphatic rings. The van der Waals surface area contributed by atoms with Crippen LogP contribution >= 0.6 is 0 Å². The Hall–Kier alpha value is -1.65. The summed E-state index contributed by atoms with van der Waals surface area (Å²) in [6.07, 6.45) is 6.64. The van der Waals surface area contributed by atoms with E-state index in [9.17, 15) is 4.79 Å². The molecule has 0 bridgehead atoms. The maximum absolute atomic E-state index is 11.1. The van der Waals surface area contributed by atoms with Gasteiger partial charge >= 0.3 is 5.97 Å². The molecule has 2 heterocycles. The molecule has 5 heteroatoms. The highest BCUT2D eigenvalue weighted by atomic mass is 16.4. The Bertz CT molecular complexity index is 402. The number of rotatable bonds is 3. The number of aliphatic carboxylic acids is 1. The van der Waals surface area contributed by atoms with Gasteiger partial charge < -0.3 is 10.0 Å². The van der Waals surface area contributed by atoms with Crippen LogP contribution in [-0.4, -0.2) is 34.1 Å². The minimum absolute atomic E-state index is 0.562. The van der Waals surface area contributed by atoms with Gasteiger partial charge in [-0.25, -0.2) is 9.97 Å². The molecule has 1 unspecified atom stereocenters. The molecule has 1 atom stereocenters. The van der Waals surface area contributed by atoms with Gasteiger partial charge in [0.25, 0.3) is 0 Å². The van der Waals surface area contributed by atoms with Crippen molar-refractivity contribution in [1.29, 1.82) is 0 Å². The molecule has 0 radical (unpaired) electrons. The average Bonchev–Trinajstić information content (AvgIpc) is 2.39. The van der Waals surface area contributed by atoms with E-state index < -0.39 is 11.9 Å². The minimum Gasteiger partial charge on any atom is -0.481 e. The van der Waals surface area contributed by atoms with Gasteiger partial charge in [-0.3, -0.25) is 4.79 Å². The maximum Gasteiger partial charge on any atom is 0.310 e. The molecule has 5 nitrogen and oxygen atoms in total. The Morgan fingerprint density at radius 2 is 2.12 bits per heavy atom. The number of nitrogens with zero attached hydrogens (tertiary/aromatic N) is 3. The van der Waals surface area contributed by atoms with Crippen LogP contribution in [0.25, 0.3) is 0 Å². The van der Waals surface area contributed by atoms with E-state index in [4.69, 9.17) is 5.11 Å². The first-order valence-electron chi connectivity index (χ1n) is 5.98. The highest BCUT2D eigenvalue weighted by Gasteiger charge is 2.22. The van der Waals surface area contributed by atoms with Crippen molar-refractivity contribution in [1.82, 2.24) is 9.97 Å². The molecule has 1 fully saturated rings. The van der Waals surface area contributed by atoms with Gasteiger partial charge in [0.2, 0.25) is 0 Å². The fourth-order valence-corrected chi connectivity index (χ4v) is 2.14. The molecular formula is C12H17N3O2. The molecular weight excluding hydrogens is 218 g/mol. The van der Waals surface area contributed by atoms with Crippen LogP contribution in [0.5, 0.6) is 0 Å². The molecule has 0 spiro atoms. The lowest BCUT2D eigenvalue weighted by molar-refractivity contribution is -0.138. The number of aromatic nitrogens is 2. The van der Waals surface area contributed by atoms with Crippen molar-refractivity contribution in [3.05, 3.63) is 18.1 Å². The van der Waals surface area contributed by atoms with Gasteiger partial charge in [0.1, 0.15) is 12.1 Å². The summed E-state index contributed by atoms with van der Waals surface area (Å²) >= 11 is 0. The van der Waals surface area contributed by atoms with Crippen molar-refractivity contribution in [2.45, 2.75) is 32.1 Å². The van der Waals surface area contributed by atoms with E-state index in [1.807, 2.05) is 0 Å². The highest BCUT2D eigenvalue weighted by Crippen LogP contribution is 2.26. The lowest BCUT2D eigenvalue weighted by Gasteiger charge is -2.29. The Morgan fingerprint density at radius 3 is 2.76 bits per heavy atom. The van der Waals surface area contributed by atoms with E-state index in [1.165, 1.54) is 12.7 Å². The van der Waals surface area contributed by atoms with E-state index in [0.29, 0.717) is 5.56 Å². The first-order valence-corrected chi connectivity index (χ1v) is 5.98. The molecule has 1 aromatic rings. The summed E-state index contributed by atoms with van der Waals surface area (Å²) in [7, 11) is 0. The Labute approximate surface area is 100 Å². The van der Waals surface area contributed by atoms with Gasteiger partial charge in [0.05, 0.1) is 5.92 Å². The molecule has 0 aliphatic carbocycles. The molecule has 0 saturated carbocycles. The Kier molecular flexibility index (Phi) is 3.56. The van der Waals surface area contributed by atoms with Crippen molar-refractivity contribution in [3.8, 4) is 0 Å². The lowest BCUT2D eigenvalue weighted by Crippen LogP contribution is -2.31. The van der Waals surface area contributed by atoms with Crippen LogP contribution in [0.1, 0.15) is 37.7 Å². The van der Waals surface area contributed by atoms with Crippen molar-refractivity contribution >= 4 is 11.8 Å². The van der Waals surface area contributed by atoms with Gasteiger partial charge in [-0.05, 0) is 26.2 Å². The first kappa shape index (κ1) is 11.8. The topological polar surface area (TPSA) is 66.3 Å². The second kappa shape index (κ2) is 5.12. The first-order chi connectivity index (χ1) is 8.20. The van der Waals surface area contributed by atoms with E-state index in [1.54, 1.807) is 13.1 Å². The lowest BCUT2D eigenvalue weighted by atomic mass is 10.0. The molecule has 0 amide bonds. The van der Waals surface area contributed by atoms with E-state index in [-0.39, 0.29) is 0 Å². The van der Waals surface area contributed by atoms with Crippen LogP contribution in [0.4, 0.5) is 5.82 Å². The summed E-state index contributed by atoms with van der Waals surface area (Å²) in [4.78, 5) is 21.4. The fraction of sp³-hybridized carbons (Fsp3) is 0.583. The number of piperidine rings is 1. The van der Waals surface area contributed by atoms with Crippen LogP contribution in [0, 0.1) is 0 Å². The molecule has 1 aliphatic heterocycles. The number of hydrogen-bond acceptors (Lipinski definition) is 4. The van der Waals surface area contributed by atoms with E-state index >= 15 is 0 Å². The second-order valence-corrected chi connectivity index (χ2v) is 4.41. The predicted octanol–water partition coefficient (Wildman–Crippen LogP) is 1.65. The summed E-state index contributed by atoms with van der Waals surface area (Å²) in [6, 6.07) is 0. The normalized spacial score (nSPS) is 17.8. The summed E-state index contributed by atoms with van der Waals surface area (Å²) in [5.74, 6) is -0.610. The number of carboxylic acid groups (broad SMARTS) is 1. The molecule has 2 rings (SSSR count). The maximum atomic E-state index is 11.1. The van der Waals surface area contributed by atoms with Crippen molar-refractivity contribution in [3.63, 3.8) is 0 Å². The monoisotopic (exact) mass is 235 g/mol. The van der Waals surface area contributed by atoms with Crippen LogP contribution in [0.2, 0.25) is 0 Å². The molecule has 0 aromatic carbocycles.